The first kappa shape index (κ1) is 14.1. The van der Waals surface area contributed by atoms with Gasteiger partial charge in [-0.15, -0.1) is 0 Å². The van der Waals surface area contributed by atoms with Gasteiger partial charge in [0, 0.05) is 29.2 Å². The molecule has 0 heterocycles. The van der Waals surface area contributed by atoms with Crippen molar-refractivity contribution in [2.75, 3.05) is 7.05 Å². The van der Waals surface area contributed by atoms with Crippen molar-refractivity contribution in [1.29, 1.82) is 0 Å². The molecule has 0 spiro atoms. The van der Waals surface area contributed by atoms with Gasteiger partial charge >= 0.3 is 0 Å². The lowest BCUT2D eigenvalue weighted by Gasteiger charge is -2.28. The third kappa shape index (κ3) is 2.33. The second kappa shape index (κ2) is 5.19. The van der Waals surface area contributed by atoms with Crippen molar-refractivity contribution < 1.29 is 13.2 Å². The molecule has 1 unspecified atom stereocenters. The summed E-state index contributed by atoms with van der Waals surface area (Å²) in [5.74, 6) is -2.57. The molecule has 1 N–H and O–H groups in total. The number of hydrogen-bond acceptors (Lipinski definition) is 1. The Morgan fingerprint density at radius 2 is 1.57 bits per heavy atom. The summed E-state index contributed by atoms with van der Waals surface area (Å²) in [4.78, 5) is 0. The zero-order valence-electron chi connectivity index (χ0n) is 11.7. The first-order chi connectivity index (χ1) is 10.1. The summed E-state index contributed by atoms with van der Waals surface area (Å²) < 4.78 is 41.3. The molecular formula is C17H16F3N. The highest BCUT2D eigenvalue weighted by atomic mass is 19.1. The molecule has 1 aliphatic rings. The Kier molecular flexibility index (Phi) is 3.49. The van der Waals surface area contributed by atoms with E-state index in [4.69, 9.17) is 0 Å². The van der Waals surface area contributed by atoms with Crippen molar-refractivity contribution in [3.8, 4) is 0 Å². The molecule has 4 heteroatoms. The van der Waals surface area contributed by atoms with Crippen LogP contribution in [0.3, 0.4) is 0 Å². The zero-order valence-corrected chi connectivity index (χ0v) is 11.7. The summed E-state index contributed by atoms with van der Waals surface area (Å²) in [6.07, 6.45) is 1.69. The molecule has 1 atom stereocenters. The van der Waals surface area contributed by atoms with Crippen LogP contribution in [0.4, 0.5) is 13.2 Å². The van der Waals surface area contributed by atoms with Gasteiger partial charge in [0.25, 0.3) is 0 Å². The molecule has 0 aliphatic heterocycles. The van der Waals surface area contributed by atoms with E-state index in [1.54, 1.807) is 7.05 Å². The number of rotatable bonds is 4. The minimum atomic E-state index is -0.895. The summed E-state index contributed by atoms with van der Waals surface area (Å²) in [6, 6.07) is 10.6. The normalized spacial score (nSPS) is 17.5. The molecule has 1 aliphatic carbocycles. The summed E-state index contributed by atoms with van der Waals surface area (Å²) in [5, 5.41) is 3.02. The van der Waals surface area contributed by atoms with Crippen molar-refractivity contribution in [1.82, 2.24) is 5.32 Å². The van der Waals surface area contributed by atoms with Gasteiger partial charge in [-0.2, -0.15) is 0 Å². The third-order valence-electron chi connectivity index (χ3n) is 4.31. The van der Waals surface area contributed by atoms with E-state index >= 15 is 0 Å². The van der Waals surface area contributed by atoms with Crippen LogP contribution >= 0.6 is 0 Å². The van der Waals surface area contributed by atoms with Crippen LogP contribution in [-0.4, -0.2) is 7.05 Å². The highest BCUT2D eigenvalue weighted by Gasteiger charge is 2.52. The SMILES string of the molecule is CNC(c1c(F)cc(F)cc1F)C1(c2ccccc2)CC1. The van der Waals surface area contributed by atoms with E-state index in [-0.39, 0.29) is 11.0 Å². The van der Waals surface area contributed by atoms with Crippen LogP contribution < -0.4 is 5.32 Å². The Morgan fingerprint density at radius 3 is 2.05 bits per heavy atom. The average molecular weight is 291 g/mol. The predicted molar refractivity (Wildman–Crippen MR) is 75.5 cm³/mol. The van der Waals surface area contributed by atoms with Gasteiger partial charge in [0.2, 0.25) is 0 Å². The fourth-order valence-corrected chi connectivity index (χ4v) is 3.17. The highest BCUT2D eigenvalue weighted by Crippen LogP contribution is 2.57. The largest absolute Gasteiger partial charge is 0.312 e. The minimum absolute atomic E-state index is 0.0831. The summed E-state index contributed by atoms with van der Waals surface area (Å²) >= 11 is 0. The Morgan fingerprint density at radius 1 is 1.00 bits per heavy atom. The number of benzene rings is 2. The van der Waals surface area contributed by atoms with Crippen LogP contribution in [0.25, 0.3) is 0 Å². The second-order valence-corrected chi connectivity index (χ2v) is 5.53. The van der Waals surface area contributed by atoms with Gasteiger partial charge in [0.05, 0.1) is 0 Å². The first-order valence-electron chi connectivity index (χ1n) is 6.96. The van der Waals surface area contributed by atoms with Crippen molar-refractivity contribution >= 4 is 0 Å². The monoisotopic (exact) mass is 291 g/mol. The Hall–Kier alpha value is -1.81. The molecule has 1 saturated carbocycles. The Bertz CT molecular complexity index is 627. The van der Waals surface area contributed by atoms with Gasteiger partial charge in [-0.25, -0.2) is 13.2 Å². The van der Waals surface area contributed by atoms with Crippen LogP contribution in [0.5, 0.6) is 0 Å². The van der Waals surface area contributed by atoms with Gasteiger partial charge in [0.1, 0.15) is 17.5 Å². The molecule has 21 heavy (non-hydrogen) atoms. The highest BCUT2D eigenvalue weighted by molar-refractivity contribution is 5.39. The van der Waals surface area contributed by atoms with Gasteiger partial charge in [-0.3, -0.25) is 0 Å². The molecule has 1 fully saturated rings. The van der Waals surface area contributed by atoms with Gasteiger partial charge < -0.3 is 5.32 Å². The van der Waals surface area contributed by atoms with E-state index in [9.17, 15) is 13.2 Å². The molecule has 2 aromatic rings. The molecule has 0 radical (unpaired) electrons. The zero-order chi connectivity index (χ0) is 15.0. The summed E-state index contributed by atoms with van der Waals surface area (Å²) in [7, 11) is 1.68. The maximum atomic E-state index is 14.1. The number of nitrogens with one attached hydrogen (secondary N) is 1. The Balaban J connectivity index is 2.08. The standard InChI is InChI=1S/C17H16F3N/c1-21-16(15-13(19)9-12(18)10-14(15)20)17(7-8-17)11-5-3-2-4-6-11/h2-6,9-10,16,21H,7-8H2,1H3. The van der Waals surface area contributed by atoms with E-state index in [0.29, 0.717) is 0 Å². The van der Waals surface area contributed by atoms with Crippen LogP contribution in [0.1, 0.15) is 30.0 Å². The van der Waals surface area contributed by atoms with E-state index < -0.39 is 23.5 Å². The molecule has 110 valence electrons. The quantitative estimate of drug-likeness (QED) is 0.894. The molecule has 0 saturated heterocycles. The molecule has 0 aromatic heterocycles. The van der Waals surface area contributed by atoms with Gasteiger partial charge in [0.15, 0.2) is 0 Å². The number of halogens is 3. The number of hydrogen-bond donors (Lipinski definition) is 1. The minimum Gasteiger partial charge on any atom is -0.312 e. The van der Waals surface area contributed by atoms with Crippen LogP contribution in [0.2, 0.25) is 0 Å². The Labute approximate surface area is 121 Å². The lowest BCUT2D eigenvalue weighted by atomic mass is 9.83. The molecule has 0 bridgehead atoms. The van der Waals surface area contributed by atoms with Crippen LogP contribution in [0.15, 0.2) is 42.5 Å². The topological polar surface area (TPSA) is 12.0 Å². The smallest absolute Gasteiger partial charge is 0.133 e. The van der Waals surface area contributed by atoms with E-state index in [1.807, 2.05) is 30.3 Å². The van der Waals surface area contributed by atoms with Crippen LogP contribution in [-0.2, 0) is 5.41 Å². The van der Waals surface area contributed by atoms with Crippen LogP contribution in [0, 0.1) is 17.5 Å². The molecular weight excluding hydrogens is 275 g/mol. The molecule has 2 aromatic carbocycles. The molecule has 3 rings (SSSR count). The molecule has 1 nitrogen and oxygen atoms in total. The second-order valence-electron chi connectivity index (χ2n) is 5.53. The van der Waals surface area contributed by atoms with Crippen molar-refractivity contribution in [2.45, 2.75) is 24.3 Å². The van der Waals surface area contributed by atoms with Crippen molar-refractivity contribution in [3.05, 3.63) is 71.0 Å². The predicted octanol–water partition coefficient (Wildman–Crippen LogP) is 4.10. The first-order valence-corrected chi connectivity index (χ1v) is 6.96. The van der Waals surface area contributed by atoms with E-state index in [1.165, 1.54) is 0 Å². The number of likely N-dealkylation sites (N-methyl/N-ethyl adjacent to an activating group) is 1. The lowest BCUT2D eigenvalue weighted by Crippen LogP contribution is -2.31. The molecule has 0 amide bonds. The average Bonchev–Trinajstić information content (AvgIpc) is 3.25. The van der Waals surface area contributed by atoms with E-state index in [2.05, 4.69) is 5.32 Å². The fourth-order valence-electron chi connectivity index (χ4n) is 3.17. The van der Waals surface area contributed by atoms with E-state index in [0.717, 1.165) is 30.5 Å². The maximum absolute atomic E-state index is 14.1. The lowest BCUT2D eigenvalue weighted by molar-refractivity contribution is 0.413. The van der Waals surface area contributed by atoms with Gasteiger partial charge in [-0.05, 0) is 25.5 Å². The third-order valence-corrected chi connectivity index (χ3v) is 4.31. The van der Waals surface area contributed by atoms with Crippen molar-refractivity contribution in [3.63, 3.8) is 0 Å². The summed E-state index contributed by atoms with van der Waals surface area (Å²) in [5.41, 5.74) is 0.642. The fraction of sp³-hybridized carbons (Fsp3) is 0.294. The van der Waals surface area contributed by atoms with Crippen molar-refractivity contribution in [2.24, 2.45) is 0 Å². The van der Waals surface area contributed by atoms with Gasteiger partial charge in [-0.1, -0.05) is 30.3 Å². The summed E-state index contributed by atoms with van der Waals surface area (Å²) in [6.45, 7) is 0. The maximum Gasteiger partial charge on any atom is 0.133 e.